The summed E-state index contributed by atoms with van der Waals surface area (Å²) in [5.41, 5.74) is 3.17. The molecule has 11 heteroatoms. The van der Waals surface area contributed by atoms with Gasteiger partial charge in [0.25, 0.3) is 11.8 Å². The Labute approximate surface area is 204 Å². The molecule has 2 aromatic heterocycles. The molecule has 0 saturated heterocycles. The maximum Gasteiger partial charge on any atom is 0.324 e. The number of benzene rings is 1. The number of aliphatic hydroxyl groups is 1. The Morgan fingerprint density at radius 2 is 1.78 bits per heavy atom. The lowest BCUT2D eigenvalue weighted by molar-refractivity contribution is -0.143. The number of methoxy groups -OCH3 is 1. The number of urea groups is 1. The summed E-state index contributed by atoms with van der Waals surface area (Å²) in [4.78, 5) is 50.3. The molecule has 3 heterocycles. The number of carbonyl (C=O) groups is 3. The van der Waals surface area contributed by atoms with Crippen LogP contribution in [0.15, 0.2) is 73.0 Å². The van der Waals surface area contributed by atoms with Crippen LogP contribution in [0.2, 0.25) is 0 Å². The lowest BCUT2D eigenvalue weighted by atomic mass is 9.99. The van der Waals surface area contributed by atoms with Crippen LogP contribution in [-0.2, 0) is 14.3 Å². The highest BCUT2D eigenvalue weighted by Crippen LogP contribution is 2.27. The van der Waals surface area contributed by atoms with Crippen molar-refractivity contribution in [1.29, 1.82) is 0 Å². The fourth-order valence-electron chi connectivity index (χ4n) is 3.70. The first-order valence-electron chi connectivity index (χ1n) is 10.9. The van der Waals surface area contributed by atoms with Gasteiger partial charge in [0.2, 0.25) is 0 Å². The molecule has 1 aliphatic heterocycles. The molecule has 0 bridgehead atoms. The first-order valence-corrected chi connectivity index (χ1v) is 10.9. The van der Waals surface area contributed by atoms with Gasteiger partial charge in [0, 0.05) is 31.4 Å². The molecule has 4 amide bonds. The van der Waals surface area contributed by atoms with Crippen LogP contribution in [0.3, 0.4) is 0 Å². The summed E-state index contributed by atoms with van der Waals surface area (Å²) in [6, 6.07) is 9.27. The highest BCUT2D eigenvalue weighted by atomic mass is 16.6. The number of carbonyl (C=O) groups excluding carboxylic acids is 3. The van der Waals surface area contributed by atoms with Crippen molar-refractivity contribution in [3.63, 3.8) is 0 Å². The summed E-state index contributed by atoms with van der Waals surface area (Å²) in [6.07, 6.45) is 9.21. The Morgan fingerprint density at radius 1 is 1.03 bits per heavy atom. The van der Waals surface area contributed by atoms with E-state index in [2.05, 4.69) is 25.6 Å². The number of hydrogen-bond donors (Lipinski definition) is 3. The predicted molar refractivity (Wildman–Crippen MR) is 132 cm³/mol. The lowest BCUT2D eigenvalue weighted by Crippen LogP contribution is -2.29. The van der Waals surface area contributed by atoms with E-state index in [4.69, 9.17) is 4.74 Å². The van der Waals surface area contributed by atoms with E-state index in [0.717, 1.165) is 10.5 Å². The summed E-state index contributed by atoms with van der Waals surface area (Å²) in [6.45, 7) is 0. The van der Waals surface area contributed by atoms with Gasteiger partial charge in [-0.2, -0.15) is 0 Å². The number of nitrogens with one attached hydrogen (secondary N) is 2. The van der Waals surface area contributed by atoms with Crippen LogP contribution < -0.4 is 15.5 Å². The SMILES string of the molecule is COC1(O)C=CC(c2ccc3ncc(NC(=O)Nc4ccc(N5C(=O)C=CC5=O)cc4)nc3n2)=CC1. The molecule has 1 unspecified atom stereocenters. The van der Waals surface area contributed by atoms with Gasteiger partial charge < -0.3 is 15.2 Å². The maximum absolute atomic E-state index is 12.5. The molecule has 1 aromatic carbocycles. The minimum Gasteiger partial charge on any atom is -0.362 e. The second-order valence-corrected chi connectivity index (χ2v) is 8.01. The van der Waals surface area contributed by atoms with Crippen molar-refractivity contribution in [2.24, 2.45) is 0 Å². The lowest BCUT2D eigenvalue weighted by Gasteiger charge is -2.24. The Kier molecular flexibility index (Phi) is 5.84. The van der Waals surface area contributed by atoms with Crippen LogP contribution in [0.5, 0.6) is 0 Å². The molecule has 3 aromatic rings. The van der Waals surface area contributed by atoms with Gasteiger partial charge in [-0.3, -0.25) is 14.9 Å². The zero-order valence-corrected chi connectivity index (χ0v) is 19.0. The van der Waals surface area contributed by atoms with Gasteiger partial charge in [-0.15, -0.1) is 0 Å². The highest BCUT2D eigenvalue weighted by Gasteiger charge is 2.25. The fraction of sp³-hybridized carbons (Fsp3) is 0.120. The Bertz CT molecular complexity index is 1460. The molecule has 5 rings (SSSR count). The van der Waals surface area contributed by atoms with Gasteiger partial charge in [0.05, 0.1) is 17.6 Å². The van der Waals surface area contributed by atoms with E-state index in [1.165, 1.54) is 25.5 Å². The monoisotopic (exact) mass is 484 g/mol. The molecule has 0 radical (unpaired) electrons. The number of amides is 4. The van der Waals surface area contributed by atoms with Crippen LogP contribution in [0.25, 0.3) is 16.7 Å². The van der Waals surface area contributed by atoms with E-state index < -0.39 is 23.6 Å². The van der Waals surface area contributed by atoms with Gasteiger partial charge in [-0.05, 0) is 48.0 Å². The molecule has 0 saturated carbocycles. The van der Waals surface area contributed by atoms with Crippen molar-refractivity contribution >= 4 is 51.8 Å². The third-order valence-corrected chi connectivity index (χ3v) is 5.63. The van der Waals surface area contributed by atoms with Crippen LogP contribution in [0, 0.1) is 0 Å². The van der Waals surface area contributed by atoms with E-state index in [9.17, 15) is 19.5 Å². The predicted octanol–water partition coefficient (Wildman–Crippen LogP) is 2.78. The van der Waals surface area contributed by atoms with Crippen LogP contribution >= 0.6 is 0 Å². The van der Waals surface area contributed by atoms with E-state index in [1.54, 1.807) is 48.6 Å². The summed E-state index contributed by atoms with van der Waals surface area (Å²) >= 11 is 0. The van der Waals surface area contributed by atoms with Gasteiger partial charge >= 0.3 is 6.03 Å². The van der Waals surface area contributed by atoms with Crippen molar-refractivity contribution in [2.75, 3.05) is 22.6 Å². The number of hydrogen-bond acceptors (Lipinski definition) is 8. The quantitative estimate of drug-likeness (QED) is 0.370. The number of imide groups is 1. The summed E-state index contributed by atoms with van der Waals surface area (Å²) in [5.74, 6) is -1.97. The number of allylic oxidation sites excluding steroid dienone is 2. The minimum atomic E-state index is -1.33. The molecule has 1 aliphatic carbocycles. The maximum atomic E-state index is 12.5. The molecular formula is C25H20N6O5. The molecule has 3 N–H and O–H groups in total. The fourth-order valence-corrected chi connectivity index (χ4v) is 3.70. The first-order chi connectivity index (χ1) is 17.3. The number of ether oxygens (including phenoxy) is 1. The van der Waals surface area contributed by atoms with Crippen LogP contribution in [0.4, 0.5) is 22.0 Å². The highest BCUT2D eigenvalue weighted by molar-refractivity contribution is 6.28. The summed E-state index contributed by atoms with van der Waals surface area (Å²) in [5, 5.41) is 15.4. The van der Waals surface area contributed by atoms with Crippen molar-refractivity contribution in [1.82, 2.24) is 15.0 Å². The third kappa shape index (κ3) is 4.60. The van der Waals surface area contributed by atoms with E-state index in [0.29, 0.717) is 28.2 Å². The average molecular weight is 484 g/mol. The summed E-state index contributed by atoms with van der Waals surface area (Å²) in [7, 11) is 1.43. The van der Waals surface area contributed by atoms with Crippen molar-refractivity contribution < 1.29 is 24.2 Å². The number of nitrogens with zero attached hydrogens (tertiary/aromatic N) is 4. The third-order valence-electron chi connectivity index (χ3n) is 5.63. The van der Waals surface area contributed by atoms with Gasteiger partial charge in [-0.1, -0.05) is 12.2 Å². The Morgan fingerprint density at radius 3 is 2.44 bits per heavy atom. The normalized spacial score (nSPS) is 19.1. The Hall–Kier alpha value is -4.74. The van der Waals surface area contributed by atoms with Crippen molar-refractivity contribution in [2.45, 2.75) is 12.2 Å². The van der Waals surface area contributed by atoms with Crippen molar-refractivity contribution in [3.8, 4) is 0 Å². The zero-order valence-electron chi connectivity index (χ0n) is 19.0. The van der Waals surface area contributed by atoms with Crippen LogP contribution in [0.1, 0.15) is 12.1 Å². The van der Waals surface area contributed by atoms with E-state index in [-0.39, 0.29) is 12.2 Å². The molecule has 11 nitrogen and oxygen atoms in total. The Balaban J connectivity index is 1.27. The van der Waals surface area contributed by atoms with E-state index >= 15 is 0 Å². The van der Waals surface area contributed by atoms with Gasteiger partial charge in [0.1, 0.15) is 5.52 Å². The molecule has 180 valence electrons. The number of fused-ring (bicyclic) bond motifs is 1. The molecule has 2 aliphatic rings. The second-order valence-electron chi connectivity index (χ2n) is 8.01. The molecular weight excluding hydrogens is 464 g/mol. The molecule has 0 fully saturated rings. The second kappa shape index (κ2) is 9.13. The van der Waals surface area contributed by atoms with Gasteiger partial charge in [0.15, 0.2) is 17.3 Å². The topological polar surface area (TPSA) is 147 Å². The number of pyridine rings is 1. The van der Waals surface area contributed by atoms with E-state index in [1.807, 2.05) is 6.08 Å². The first kappa shape index (κ1) is 23.0. The smallest absolute Gasteiger partial charge is 0.324 e. The zero-order chi connectivity index (χ0) is 25.3. The molecule has 1 atom stereocenters. The molecule has 0 spiro atoms. The summed E-state index contributed by atoms with van der Waals surface area (Å²) < 4.78 is 5.07. The van der Waals surface area contributed by atoms with Crippen LogP contribution in [-0.4, -0.2) is 50.8 Å². The number of aromatic nitrogens is 3. The van der Waals surface area contributed by atoms with Crippen molar-refractivity contribution in [3.05, 3.63) is 78.7 Å². The standard InChI is InChI=1S/C25H20N6O5/c1-36-25(35)12-10-15(11-13-25)18-6-7-19-23(28-18)29-20(14-26-19)30-24(34)27-16-2-4-17(5-3-16)31-21(32)8-9-22(31)33/h2-12,14,35H,13H2,1H3,(H2,27,28,29,30,34). The number of rotatable bonds is 5. The number of anilines is 3. The minimum absolute atomic E-state index is 0.197. The van der Waals surface area contributed by atoms with Gasteiger partial charge in [-0.25, -0.2) is 24.6 Å². The molecule has 36 heavy (non-hydrogen) atoms. The largest absolute Gasteiger partial charge is 0.362 e. The average Bonchev–Trinajstić information content (AvgIpc) is 3.22.